The molecule has 1 aromatic carbocycles. The lowest BCUT2D eigenvalue weighted by Gasteiger charge is -2.08. The van der Waals surface area contributed by atoms with E-state index in [4.69, 9.17) is 11.6 Å². The first-order chi connectivity index (χ1) is 9.17. The van der Waals surface area contributed by atoms with Crippen LogP contribution in [0.25, 0.3) is 0 Å². The normalized spacial score (nSPS) is 10.2. The molecule has 2 rings (SSSR count). The van der Waals surface area contributed by atoms with Crippen molar-refractivity contribution in [3.8, 4) is 0 Å². The van der Waals surface area contributed by atoms with Gasteiger partial charge in [-0.05, 0) is 18.2 Å². The number of benzene rings is 1. The van der Waals surface area contributed by atoms with Gasteiger partial charge in [-0.15, -0.1) is 11.3 Å². The first-order valence-corrected chi connectivity index (χ1v) is 7.11. The zero-order valence-corrected chi connectivity index (χ0v) is 12.0. The Bertz CT molecular complexity index is 571. The molecule has 0 radical (unpaired) electrons. The molecule has 6 heteroatoms. The summed E-state index contributed by atoms with van der Waals surface area (Å²) in [6.45, 7) is 2.49. The molecule has 19 heavy (non-hydrogen) atoms. The fourth-order valence-electron chi connectivity index (χ4n) is 1.51. The molecule has 0 fully saturated rings. The van der Waals surface area contributed by atoms with Crippen LogP contribution in [0.4, 0.5) is 11.4 Å². The average Bonchev–Trinajstić information content (AvgIpc) is 2.82. The van der Waals surface area contributed by atoms with Gasteiger partial charge in [0.05, 0.1) is 6.54 Å². The van der Waals surface area contributed by atoms with E-state index in [0.29, 0.717) is 17.4 Å². The van der Waals surface area contributed by atoms with Crippen molar-refractivity contribution < 1.29 is 4.79 Å². The molecule has 0 aliphatic carbocycles. The van der Waals surface area contributed by atoms with E-state index in [2.05, 4.69) is 15.6 Å². The number of hydrogen-bond acceptors (Lipinski definition) is 4. The minimum Gasteiger partial charge on any atom is -0.380 e. The van der Waals surface area contributed by atoms with E-state index in [1.54, 1.807) is 6.20 Å². The third-order valence-electron chi connectivity index (χ3n) is 2.46. The monoisotopic (exact) mass is 295 g/mol. The van der Waals surface area contributed by atoms with Crippen LogP contribution in [0.3, 0.4) is 0 Å². The second-order valence-electron chi connectivity index (χ2n) is 3.92. The zero-order valence-electron chi connectivity index (χ0n) is 10.4. The van der Waals surface area contributed by atoms with E-state index in [-0.39, 0.29) is 5.91 Å². The third-order valence-corrected chi connectivity index (χ3v) is 3.57. The number of thiazole rings is 1. The molecule has 0 bridgehead atoms. The van der Waals surface area contributed by atoms with E-state index < -0.39 is 0 Å². The van der Waals surface area contributed by atoms with Crippen LogP contribution in [0.1, 0.15) is 18.2 Å². The second kappa shape index (κ2) is 6.54. The molecule has 1 aromatic heterocycles. The molecule has 2 aromatic rings. The topological polar surface area (TPSA) is 54.0 Å². The van der Waals surface area contributed by atoms with Crippen molar-refractivity contribution >= 4 is 40.2 Å². The summed E-state index contributed by atoms with van der Waals surface area (Å²) >= 11 is 7.22. The fourth-order valence-corrected chi connectivity index (χ4v) is 2.43. The summed E-state index contributed by atoms with van der Waals surface area (Å²) in [5.41, 5.74) is 1.73. The average molecular weight is 296 g/mol. The SMILES string of the molecule is CCC(=O)Nc1cccc(NCc2cnc(Cl)s2)c1. The summed E-state index contributed by atoms with van der Waals surface area (Å²) in [4.78, 5) is 16.4. The molecule has 2 N–H and O–H groups in total. The number of aromatic nitrogens is 1. The third kappa shape index (κ3) is 4.22. The minimum absolute atomic E-state index is 0.00592. The van der Waals surface area contributed by atoms with Crippen molar-refractivity contribution in [2.45, 2.75) is 19.9 Å². The molecule has 0 aliphatic heterocycles. The van der Waals surface area contributed by atoms with E-state index in [0.717, 1.165) is 16.3 Å². The number of hydrogen-bond donors (Lipinski definition) is 2. The molecular weight excluding hydrogens is 282 g/mol. The quantitative estimate of drug-likeness (QED) is 0.883. The van der Waals surface area contributed by atoms with Gasteiger partial charge in [0.15, 0.2) is 4.47 Å². The van der Waals surface area contributed by atoms with Crippen LogP contribution in [0.15, 0.2) is 30.5 Å². The van der Waals surface area contributed by atoms with E-state index >= 15 is 0 Å². The minimum atomic E-state index is 0.00592. The van der Waals surface area contributed by atoms with Gasteiger partial charge in [-0.1, -0.05) is 24.6 Å². The van der Waals surface area contributed by atoms with Gasteiger partial charge in [0.2, 0.25) is 5.91 Å². The molecule has 0 atom stereocenters. The Labute approximate surface area is 120 Å². The number of halogens is 1. The van der Waals surface area contributed by atoms with Gasteiger partial charge in [-0.3, -0.25) is 4.79 Å². The Kier molecular flexibility index (Phi) is 4.76. The van der Waals surface area contributed by atoms with Crippen molar-refractivity contribution in [2.24, 2.45) is 0 Å². The molecule has 4 nitrogen and oxygen atoms in total. The smallest absolute Gasteiger partial charge is 0.224 e. The van der Waals surface area contributed by atoms with Crippen LogP contribution in [0, 0.1) is 0 Å². The highest BCUT2D eigenvalue weighted by atomic mass is 35.5. The summed E-state index contributed by atoms with van der Waals surface area (Å²) in [5, 5.41) is 6.09. The number of nitrogens with zero attached hydrogens (tertiary/aromatic N) is 1. The first kappa shape index (κ1) is 13.8. The van der Waals surface area contributed by atoms with Gasteiger partial charge < -0.3 is 10.6 Å². The second-order valence-corrected chi connectivity index (χ2v) is 5.61. The summed E-state index contributed by atoms with van der Waals surface area (Å²) in [6.07, 6.45) is 2.22. The van der Waals surface area contributed by atoms with Crippen molar-refractivity contribution in [3.63, 3.8) is 0 Å². The van der Waals surface area contributed by atoms with E-state index in [1.807, 2.05) is 31.2 Å². The Morgan fingerprint density at radius 1 is 1.42 bits per heavy atom. The number of anilines is 2. The molecule has 0 saturated carbocycles. The van der Waals surface area contributed by atoms with Gasteiger partial charge in [0, 0.05) is 28.9 Å². The summed E-state index contributed by atoms with van der Waals surface area (Å²) < 4.78 is 0.542. The Hall–Kier alpha value is -1.59. The number of nitrogens with one attached hydrogen (secondary N) is 2. The van der Waals surface area contributed by atoms with Crippen molar-refractivity contribution in [1.82, 2.24) is 4.98 Å². The van der Waals surface area contributed by atoms with Crippen LogP contribution < -0.4 is 10.6 Å². The Morgan fingerprint density at radius 2 is 2.21 bits per heavy atom. The lowest BCUT2D eigenvalue weighted by molar-refractivity contribution is -0.115. The lowest BCUT2D eigenvalue weighted by atomic mass is 10.2. The van der Waals surface area contributed by atoms with Crippen molar-refractivity contribution in [1.29, 1.82) is 0 Å². The van der Waals surface area contributed by atoms with Crippen LogP contribution in [-0.4, -0.2) is 10.9 Å². The summed E-state index contributed by atoms with van der Waals surface area (Å²) in [6, 6.07) is 7.61. The molecular formula is C13H14ClN3OS. The predicted molar refractivity (Wildman–Crippen MR) is 79.8 cm³/mol. The number of rotatable bonds is 5. The van der Waals surface area contributed by atoms with Crippen molar-refractivity contribution in [3.05, 3.63) is 39.8 Å². The predicted octanol–water partition coefficient (Wildman–Crippen LogP) is 3.76. The van der Waals surface area contributed by atoms with Crippen LogP contribution in [0.2, 0.25) is 4.47 Å². The standard InChI is InChI=1S/C13H14ClN3OS/c1-2-12(18)17-10-5-3-4-9(6-10)15-7-11-8-16-13(14)19-11/h3-6,8,15H,2,7H2,1H3,(H,17,18). The Balaban J connectivity index is 1.97. The van der Waals surface area contributed by atoms with Gasteiger partial charge in [0.1, 0.15) is 0 Å². The van der Waals surface area contributed by atoms with E-state index in [1.165, 1.54) is 11.3 Å². The van der Waals surface area contributed by atoms with Crippen LogP contribution >= 0.6 is 22.9 Å². The van der Waals surface area contributed by atoms with Crippen LogP contribution in [-0.2, 0) is 11.3 Å². The van der Waals surface area contributed by atoms with E-state index in [9.17, 15) is 4.79 Å². The van der Waals surface area contributed by atoms with Crippen molar-refractivity contribution in [2.75, 3.05) is 10.6 Å². The maximum atomic E-state index is 11.3. The lowest BCUT2D eigenvalue weighted by Crippen LogP contribution is -2.09. The number of carbonyl (C=O) groups excluding carboxylic acids is 1. The van der Waals surface area contributed by atoms with Crippen LogP contribution in [0.5, 0.6) is 0 Å². The molecule has 1 amide bonds. The highest BCUT2D eigenvalue weighted by Gasteiger charge is 2.02. The highest BCUT2D eigenvalue weighted by molar-refractivity contribution is 7.15. The molecule has 0 saturated heterocycles. The first-order valence-electron chi connectivity index (χ1n) is 5.91. The number of amides is 1. The number of carbonyl (C=O) groups is 1. The van der Waals surface area contributed by atoms with Gasteiger partial charge >= 0.3 is 0 Å². The fraction of sp³-hybridized carbons (Fsp3) is 0.231. The largest absolute Gasteiger partial charge is 0.380 e. The summed E-state index contributed by atoms with van der Waals surface area (Å²) in [5.74, 6) is 0.00592. The molecule has 100 valence electrons. The Morgan fingerprint density at radius 3 is 2.89 bits per heavy atom. The summed E-state index contributed by atoms with van der Waals surface area (Å²) in [7, 11) is 0. The van der Waals surface area contributed by atoms with Gasteiger partial charge in [-0.2, -0.15) is 0 Å². The molecule has 0 aliphatic rings. The maximum Gasteiger partial charge on any atom is 0.224 e. The zero-order chi connectivity index (χ0) is 13.7. The van der Waals surface area contributed by atoms with Gasteiger partial charge in [-0.25, -0.2) is 4.98 Å². The maximum absolute atomic E-state index is 11.3. The molecule has 0 unspecified atom stereocenters. The highest BCUT2D eigenvalue weighted by Crippen LogP contribution is 2.20. The molecule has 0 spiro atoms. The molecule has 1 heterocycles. The van der Waals surface area contributed by atoms with Gasteiger partial charge in [0.25, 0.3) is 0 Å².